The maximum Gasteiger partial charge on any atom is 0.0842 e. The Kier molecular flexibility index (Phi) is 18.9. The highest BCUT2D eigenvalue weighted by Crippen LogP contribution is 2.63. The fourth-order valence-electron chi connectivity index (χ4n) is 4.34. The molecule has 0 aromatic heterocycles. The smallest absolute Gasteiger partial charge is 0.0842 e. The monoisotopic (exact) mass is 530 g/mol. The SMILES string of the molecule is C=Cc1ccc(C[P+](CCCCCC)(CCCCCC)CCCCCC)cc1.[I-]. The van der Waals surface area contributed by atoms with E-state index in [1.807, 2.05) is 6.08 Å². The predicted molar refractivity (Wildman–Crippen MR) is 134 cm³/mol. The molecule has 0 radical (unpaired) electrons. The van der Waals surface area contributed by atoms with E-state index in [0.717, 1.165) is 0 Å². The van der Waals surface area contributed by atoms with Gasteiger partial charge in [0, 0.05) is 7.26 Å². The van der Waals surface area contributed by atoms with Crippen LogP contribution in [-0.4, -0.2) is 18.5 Å². The molecular formula is C27H48IP. The molecule has 0 aliphatic rings. The molecule has 0 saturated heterocycles. The van der Waals surface area contributed by atoms with E-state index >= 15 is 0 Å². The van der Waals surface area contributed by atoms with Gasteiger partial charge in [-0.1, -0.05) is 96.2 Å². The molecule has 0 heterocycles. The van der Waals surface area contributed by atoms with Crippen molar-refractivity contribution in [3.63, 3.8) is 0 Å². The van der Waals surface area contributed by atoms with Gasteiger partial charge in [0.05, 0.1) is 24.6 Å². The van der Waals surface area contributed by atoms with E-state index in [9.17, 15) is 0 Å². The summed E-state index contributed by atoms with van der Waals surface area (Å²) in [4.78, 5) is 0. The van der Waals surface area contributed by atoms with Crippen LogP contribution in [0.2, 0.25) is 0 Å². The topological polar surface area (TPSA) is 0 Å². The van der Waals surface area contributed by atoms with E-state index in [0.29, 0.717) is 0 Å². The van der Waals surface area contributed by atoms with Gasteiger partial charge in [0.15, 0.2) is 0 Å². The molecule has 0 saturated carbocycles. The van der Waals surface area contributed by atoms with Crippen molar-refractivity contribution in [2.24, 2.45) is 0 Å². The number of unbranched alkanes of at least 4 members (excludes halogenated alkanes) is 9. The number of hydrogen-bond acceptors (Lipinski definition) is 0. The molecule has 0 N–H and O–H groups in total. The largest absolute Gasteiger partial charge is 1.00 e. The average Bonchev–Trinajstić information content (AvgIpc) is 2.72. The third kappa shape index (κ3) is 13.2. The predicted octanol–water partition coefficient (Wildman–Crippen LogP) is 6.59. The third-order valence-corrected chi connectivity index (χ3v) is 11.0. The van der Waals surface area contributed by atoms with Gasteiger partial charge >= 0.3 is 0 Å². The lowest BCUT2D eigenvalue weighted by Crippen LogP contribution is -3.00. The van der Waals surface area contributed by atoms with Crippen LogP contribution in [0.4, 0.5) is 0 Å². The van der Waals surface area contributed by atoms with Gasteiger partial charge in [-0.2, -0.15) is 0 Å². The quantitative estimate of drug-likeness (QED) is 0.114. The van der Waals surface area contributed by atoms with E-state index in [-0.39, 0.29) is 24.0 Å². The molecule has 1 aromatic carbocycles. The molecule has 0 aliphatic heterocycles. The summed E-state index contributed by atoms with van der Waals surface area (Å²) in [5.41, 5.74) is 2.84. The van der Waals surface area contributed by atoms with Crippen LogP contribution in [0, 0.1) is 0 Å². The van der Waals surface area contributed by atoms with Gasteiger partial charge in [-0.05, 0) is 49.7 Å². The number of benzene rings is 1. The Bertz CT molecular complexity index is 462. The molecule has 1 rings (SSSR count). The van der Waals surface area contributed by atoms with Crippen LogP contribution in [0.5, 0.6) is 0 Å². The van der Waals surface area contributed by atoms with Crippen LogP contribution < -0.4 is 24.0 Å². The molecule has 2 heteroatoms. The van der Waals surface area contributed by atoms with Crippen LogP contribution >= 0.6 is 7.26 Å². The van der Waals surface area contributed by atoms with E-state index in [1.54, 1.807) is 5.56 Å². The highest BCUT2D eigenvalue weighted by atomic mass is 127. The van der Waals surface area contributed by atoms with E-state index in [2.05, 4.69) is 51.6 Å². The van der Waals surface area contributed by atoms with Crippen LogP contribution in [0.3, 0.4) is 0 Å². The summed E-state index contributed by atoms with van der Waals surface area (Å²) >= 11 is 0. The first-order valence-electron chi connectivity index (χ1n) is 12.3. The molecule has 0 aliphatic carbocycles. The zero-order valence-corrected chi connectivity index (χ0v) is 22.8. The summed E-state index contributed by atoms with van der Waals surface area (Å²) in [6.45, 7) is 10.9. The molecule has 0 fully saturated rings. The van der Waals surface area contributed by atoms with Crippen molar-refractivity contribution in [1.82, 2.24) is 0 Å². The summed E-state index contributed by atoms with van der Waals surface area (Å²) in [5, 5.41) is 0. The maximum absolute atomic E-state index is 3.92. The van der Waals surface area contributed by atoms with Gasteiger partial charge in [0.25, 0.3) is 0 Å². The molecule has 1 aromatic rings. The van der Waals surface area contributed by atoms with Gasteiger partial charge < -0.3 is 24.0 Å². The Morgan fingerprint density at radius 2 is 1.07 bits per heavy atom. The molecule has 0 nitrogen and oxygen atoms in total. The van der Waals surface area contributed by atoms with Crippen LogP contribution in [0.1, 0.15) is 109 Å². The Labute approximate surface area is 201 Å². The molecule has 0 spiro atoms. The lowest BCUT2D eigenvalue weighted by atomic mass is 10.1. The van der Waals surface area contributed by atoms with E-state index in [4.69, 9.17) is 0 Å². The number of halogens is 1. The Morgan fingerprint density at radius 1 is 0.655 bits per heavy atom. The fourth-order valence-corrected chi connectivity index (χ4v) is 9.15. The first-order valence-corrected chi connectivity index (χ1v) is 14.8. The van der Waals surface area contributed by atoms with Gasteiger partial charge in [-0.25, -0.2) is 0 Å². The second-order valence-electron chi connectivity index (χ2n) is 8.80. The lowest BCUT2D eigenvalue weighted by molar-refractivity contribution is -0.00000622. The van der Waals surface area contributed by atoms with Gasteiger partial charge in [-0.15, -0.1) is 0 Å². The third-order valence-electron chi connectivity index (χ3n) is 6.19. The molecule has 0 amide bonds. The van der Waals surface area contributed by atoms with Crippen molar-refractivity contribution < 1.29 is 24.0 Å². The van der Waals surface area contributed by atoms with E-state index in [1.165, 1.54) is 107 Å². The lowest BCUT2D eigenvalue weighted by Gasteiger charge is -2.28. The van der Waals surface area contributed by atoms with Crippen molar-refractivity contribution in [2.45, 2.75) is 104 Å². The normalized spacial score (nSPS) is 11.3. The molecule has 29 heavy (non-hydrogen) atoms. The van der Waals surface area contributed by atoms with Crippen LogP contribution in [0.15, 0.2) is 30.8 Å². The fraction of sp³-hybridized carbons (Fsp3) is 0.704. The summed E-state index contributed by atoms with van der Waals surface area (Å²) in [6, 6.07) is 9.30. The minimum absolute atomic E-state index is 0. The molecule has 0 unspecified atom stereocenters. The Balaban J connectivity index is 0.00000784. The Hall–Kier alpha value is 0.120. The molecule has 168 valence electrons. The van der Waals surface area contributed by atoms with Gasteiger partial charge in [0.2, 0.25) is 0 Å². The van der Waals surface area contributed by atoms with Crippen molar-refractivity contribution in [3.05, 3.63) is 42.0 Å². The summed E-state index contributed by atoms with van der Waals surface area (Å²) < 4.78 is 0. The number of rotatable bonds is 18. The van der Waals surface area contributed by atoms with Crippen LogP contribution in [-0.2, 0) is 6.16 Å². The zero-order chi connectivity index (χ0) is 20.5. The average molecular weight is 531 g/mol. The minimum Gasteiger partial charge on any atom is -1.00 e. The highest BCUT2D eigenvalue weighted by Gasteiger charge is 2.35. The van der Waals surface area contributed by atoms with Crippen molar-refractivity contribution in [2.75, 3.05) is 18.5 Å². The van der Waals surface area contributed by atoms with Crippen LogP contribution in [0.25, 0.3) is 6.08 Å². The number of hydrogen-bond donors (Lipinski definition) is 0. The maximum atomic E-state index is 3.92. The first-order chi connectivity index (χ1) is 13.7. The second kappa shape index (κ2) is 18.9. The second-order valence-corrected chi connectivity index (χ2v) is 13.1. The standard InChI is InChI=1S/C27H48P.HI/c1-5-9-12-15-22-28(23-16-13-10-6-2,24-17-14-11-7-3)25-27-20-18-26(8-4)19-21-27;/h8,18-21H,4-7,9-17,22-25H2,1-3H3;1H/q+1;/p-1. The summed E-state index contributed by atoms with van der Waals surface area (Å²) in [6.07, 6.45) is 25.0. The molecule has 0 atom stereocenters. The summed E-state index contributed by atoms with van der Waals surface area (Å²) in [5.74, 6) is 0. The zero-order valence-electron chi connectivity index (χ0n) is 19.7. The molecular weight excluding hydrogens is 482 g/mol. The van der Waals surface area contributed by atoms with E-state index < -0.39 is 7.26 Å². The highest BCUT2D eigenvalue weighted by molar-refractivity contribution is 7.75. The van der Waals surface area contributed by atoms with Crippen molar-refractivity contribution in [1.29, 1.82) is 0 Å². The van der Waals surface area contributed by atoms with Gasteiger partial charge in [0.1, 0.15) is 0 Å². The molecule has 0 bridgehead atoms. The minimum atomic E-state index is -0.888. The van der Waals surface area contributed by atoms with Crippen molar-refractivity contribution >= 4 is 13.3 Å². The summed E-state index contributed by atoms with van der Waals surface area (Å²) in [7, 11) is -0.888. The first kappa shape index (κ1) is 29.1. The van der Waals surface area contributed by atoms with Crippen molar-refractivity contribution in [3.8, 4) is 0 Å². The van der Waals surface area contributed by atoms with Gasteiger partial charge in [-0.3, -0.25) is 0 Å². The Morgan fingerprint density at radius 3 is 1.41 bits per heavy atom.